The second kappa shape index (κ2) is 6.74. The summed E-state index contributed by atoms with van der Waals surface area (Å²) in [7, 11) is 1.75. The van der Waals surface area contributed by atoms with E-state index in [4.69, 9.17) is 4.42 Å². The van der Waals surface area contributed by atoms with Gasteiger partial charge in [0.1, 0.15) is 11.1 Å². The Morgan fingerprint density at radius 1 is 1.23 bits per heavy atom. The zero-order valence-corrected chi connectivity index (χ0v) is 16.3. The predicted octanol–water partition coefficient (Wildman–Crippen LogP) is 4.56. The zero-order chi connectivity index (χ0) is 18.3. The standard InChI is InChI=1S/C19H17N3O2S2/c1-11-4-5-14(12(2)8-11)16-20-13(9-24-16)10-26-19-21-17-15(6-7-25-17)18(23)22(19)3/h4-9H,10H2,1-3H3. The van der Waals surface area contributed by atoms with Crippen molar-refractivity contribution in [2.45, 2.75) is 24.8 Å². The molecule has 3 aromatic heterocycles. The molecule has 3 heterocycles. The van der Waals surface area contributed by atoms with E-state index >= 15 is 0 Å². The van der Waals surface area contributed by atoms with E-state index in [1.807, 2.05) is 17.5 Å². The topological polar surface area (TPSA) is 60.9 Å². The summed E-state index contributed by atoms with van der Waals surface area (Å²) in [5, 5.41) is 3.24. The molecule has 0 amide bonds. The molecule has 1 aromatic carbocycles. The molecular formula is C19H17N3O2S2. The number of benzene rings is 1. The smallest absolute Gasteiger partial charge is 0.262 e. The molecule has 4 aromatic rings. The van der Waals surface area contributed by atoms with Gasteiger partial charge >= 0.3 is 0 Å². The number of rotatable bonds is 4. The average molecular weight is 383 g/mol. The third-order valence-electron chi connectivity index (χ3n) is 4.18. The summed E-state index contributed by atoms with van der Waals surface area (Å²) >= 11 is 2.96. The fourth-order valence-electron chi connectivity index (χ4n) is 2.80. The van der Waals surface area contributed by atoms with Crippen molar-refractivity contribution in [2.24, 2.45) is 7.05 Å². The highest BCUT2D eigenvalue weighted by atomic mass is 32.2. The SMILES string of the molecule is Cc1ccc(-c2nc(CSc3nc4sccc4c(=O)n3C)co2)c(C)c1. The molecule has 0 aliphatic carbocycles. The summed E-state index contributed by atoms with van der Waals surface area (Å²) in [4.78, 5) is 22.3. The molecule has 0 unspecified atom stereocenters. The number of oxazole rings is 1. The molecule has 0 bridgehead atoms. The lowest BCUT2D eigenvalue weighted by atomic mass is 10.1. The largest absolute Gasteiger partial charge is 0.444 e. The molecule has 4 rings (SSSR count). The average Bonchev–Trinajstić information content (AvgIpc) is 3.26. The van der Waals surface area contributed by atoms with Crippen molar-refractivity contribution >= 4 is 33.3 Å². The fraction of sp³-hybridized carbons (Fsp3) is 0.211. The van der Waals surface area contributed by atoms with Crippen molar-refractivity contribution in [1.82, 2.24) is 14.5 Å². The van der Waals surface area contributed by atoms with Crippen molar-refractivity contribution in [3.63, 3.8) is 0 Å². The Kier molecular flexibility index (Phi) is 4.42. The number of nitrogens with zero attached hydrogens (tertiary/aromatic N) is 3. The summed E-state index contributed by atoms with van der Waals surface area (Å²) in [6.45, 7) is 4.12. The van der Waals surface area contributed by atoms with Gasteiger partial charge in [0.15, 0.2) is 5.16 Å². The van der Waals surface area contributed by atoms with E-state index in [2.05, 4.69) is 35.9 Å². The lowest BCUT2D eigenvalue weighted by Gasteiger charge is -2.05. The maximum atomic E-state index is 12.4. The lowest BCUT2D eigenvalue weighted by molar-refractivity contribution is 0.573. The van der Waals surface area contributed by atoms with E-state index in [1.54, 1.807) is 17.9 Å². The van der Waals surface area contributed by atoms with E-state index in [-0.39, 0.29) is 5.56 Å². The Hall–Kier alpha value is -2.38. The molecule has 0 aliphatic rings. The first kappa shape index (κ1) is 17.1. The van der Waals surface area contributed by atoms with E-state index in [9.17, 15) is 4.79 Å². The van der Waals surface area contributed by atoms with E-state index in [0.717, 1.165) is 21.7 Å². The maximum absolute atomic E-state index is 12.4. The Morgan fingerprint density at radius 3 is 2.88 bits per heavy atom. The highest BCUT2D eigenvalue weighted by Gasteiger charge is 2.13. The molecule has 0 fully saturated rings. The number of thioether (sulfide) groups is 1. The van der Waals surface area contributed by atoms with Gasteiger partial charge in [-0.25, -0.2) is 9.97 Å². The Labute approximate surface area is 158 Å². The number of aryl methyl sites for hydroxylation is 2. The molecule has 0 N–H and O–H groups in total. The van der Waals surface area contributed by atoms with E-state index < -0.39 is 0 Å². The van der Waals surface area contributed by atoms with Crippen LogP contribution >= 0.6 is 23.1 Å². The van der Waals surface area contributed by atoms with Gasteiger partial charge in [0.25, 0.3) is 5.56 Å². The van der Waals surface area contributed by atoms with E-state index in [1.165, 1.54) is 28.7 Å². The first-order valence-corrected chi connectivity index (χ1v) is 9.98. The van der Waals surface area contributed by atoms with Gasteiger partial charge in [-0.05, 0) is 36.9 Å². The molecule has 0 radical (unpaired) electrons. The van der Waals surface area contributed by atoms with Gasteiger partial charge < -0.3 is 4.42 Å². The summed E-state index contributed by atoms with van der Waals surface area (Å²) < 4.78 is 7.25. The van der Waals surface area contributed by atoms with Crippen LogP contribution in [0.25, 0.3) is 21.7 Å². The van der Waals surface area contributed by atoms with Crippen LogP contribution in [0, 0.1) is 13.8 Å². The highest BCUT2D eigenvalue weighted by Crippen LogP contribution is 2.27. The van der Waals surface area contributed by atoms with Crippen molar-refractivity contribution in [2.75, 3.05) is 0 Å². The number of thiophene rings is 1. The van der Waals surface area contributed by atoms with Crippen LogP contribution in [-0.2, 0) is 12.8 Å². The second-order valence-electron chi connectivity index (χ2n) is 6.15. The van der Waals surface area contributed by atoms with Crippen molar-refractivity contribution < 1.29 is 4.42 Å². The van der Waals surface area contributed by atoms with Crippen LogP contribution in [-0.4, -0.2) is 14.5 Å². The van der Waals surface area contributed by atoms with Crippen LogP contribution in [0.2, 0.25) is 0 Å². The van der Waals surface area contributed by atoms with Crippen LogP contribution in [0.5, 0.6) is 0 Å². The second-order valence-corrected chi connectivity index (χ2v) is 7.99. The van der Waals surface area contributed by atoms with Crippen LogP contribution in [0.1, 0.15) is 16.8 Å². The quantitative estimate of drug-likeness (QED) is 0.382. The third kappa shape index (κ3) is 3.08. The van der Waals surface area contributed by atoms with Crippen LogP contribution < -0.4 is 5.56 Å². The number of hydrogen-bond donors (Lipinski definition) is 0. The summed E-state index contributed by atoms with van der Waals surface area (Å²) in [5.74, 6) is 1.21. The van der Waals surface area contributed by atoms with Crippen LogP contribution in [0.4, 0.5) is 0 Å². The lowest BCUT2D eigenvalue weighted by Crippen LogP contribution is -2.19. The van der Waals surface area contributed by atoms with Gasteiger partial charge in [-0.2, -0.15) is 0 Å². The molecule has 0 spiro atoms. The molecule has 132 valence electrons. The minimum Gasteiger partial charge on any atom is -0.444 e. The molecule has 7 heteroatoms. The van der Waals surface area contributed by atoms with Crippen molar-refractivity contribution in [3.8, 4) is 11.5 Å². The van der Waals surface area contributed by atoms with Gasteiger partial charge in [0.2, 0.25) is 5.89 Å². The van der Waals surface area contributed by atoms with E-state index in [0.29, 0.717) is 22.2 Å². The number of fused-ring (bicyclic) bond motifs is 1. The molecule has 26 heavy (non-hydrogen) atoms. The monoisotopic (exact) mass is 383 g/mol. The number of hydrogen-bond acceptors (Lipinski definition) is 6. The molecular weight excluding hydrogens is 366 g/mol. The van der Waals surface area contributed by atoms with Crippen LogP contribution in [0.3, 0.4) is 0 Å². The maximum Gasteiger partial charge on any atom is 0.262 e. The molecule has 0 saturated heterocycles. The molecule has 5 nitrogen and oxygen atoms in total. The Morgan fingerprint density at radius 2 is 2.08 bits per heavy atom. The molecule has 0 aliphatic heterocycles. The number of aromatic nitrogens is 3. The Bertz CT molecular complexity index is 1160. The highest BCUT2D eigenvalue weighted by molar-refractivity contribution is 7.98. The normalized spacial score (nSPS) is 11.3. The minimum absolute atomic E-state index is 0.0186. The van der Waals surface area contributed by atoms with Gasteiger partial charge in [-0.1, -0.05) is 29.5 Å². The van der Waals surface area contributed by atoms with Gasteiger partial charge in [0, 0.05) is 18.4 Å². The predicted molar refractivity (Wildman–Crippen MR) is 106 cm³/mol. The third-order valence-corrected chi connectivity index (χ3v) is 6.05. The summed E-state index contributed by atoms with van der Waals surface area (Å²) in [6, 6.07) is 8.02. The van der Waals surface area contributed by atoms with Gasteiger partial charge in [-0.15, -0.1) is 11.3 Å². The van der Waals surface area contributed by atoms with Gasteiger partial charge in [-0.3, -0.25) is 9.36 Å². The first-order valence-electron chi connectivity index (χ1n) is 8.12. The minimum atomic E-state index is -0.0186. The molecule has 0 saturated carbocycles. The molecule has 0 atom stereocenters. The van der Waals surface area contributed by atoms with Crippen molar-refractivity contribution in [3.05, 3.63) is 63.1 Å². The first-order chi connectivity index (χ1) is 12.5. The van der Waals surface area contributed by atoms with Crippen molar-refractivity contribution in [1.29, 1.82) is 0 Å². The Balaban J connectivity index is 1.57. The summed E-state index contributed by atoms with van der Waals surface area (Å²) in [5.41, 5.74) is 4.15. The summed E-state index contributed by atoms with van der Waals surface area (Å²) in [6.07, 6.45) is 1.67. The van der Waals surface area contributed by atoms with Gasteiger partial charge in [0.05, 0.1) is 11.1 Å². The fourth-order valence-corrected chi connectivity index (χ4v) is 4.45. The van der Waals surface area contributed by atoms with Crippen LogP contribution in [0.15, 0.2) is 50.3 Å². The zero-order valence-electron chi connectivity index (χ0n) is 14.6.